The topological polar surface area (TPSA) is 135 Å². The quantitative estimate of drug-likeness (QED) is 0.473. The molecule has 0 bridgehead atoms. The van der Waals surface area contributed by atoms with Crippen molar-refractivity contribution in [2.75, 3.05) is 44.2 Å². The van der Waals surface area contributed by atoms with Crippen molar-refractivity contribution in [1.82, 2.24) is 8.61 Å². The first kappa shape index (κ1) is 22.8. The van der Waals surface area contributed by atoms with E-state index in [-0.39, 0.29) is 25.3 Å². The van der Waals surface area contributed by atoms with Gasteiger partial charge in [-0.05, 0) is 6.07 Å². The molecule has 1 amide bonds. The van der Waals surface area contributed by atoms with Gasteiger partial charge in [-0.2, -0.15) is 17.0 Å². The molecule has 12 heteroatoms. The van der Waals surface area contributed by atoms with Crippen LogP contribution in [-0.2, 0) is 21.6 Å². The number of carbonyl (C=O) groups is 1. The van der Waals surface area contributed by atoms with E-state index >= 15 is 0 Å². The maximum Gasteiger partial charge on any atom is 0.437 e. The number of nitrogens with two attached hydrogens (primary N) is 2. The Morgan fingerprint density at radius 2 is 1.83 bits per heavy atom. The van der Waals surface area contributed by atoms with Crippen molar-refractivity contribution in [3.63, 3.8) is 0 Å². The molecule has 1 saturated heterocycles. The molecule has 29 heavy (non-hydrogen) atoms. The second-order valence-electron chi connectivity index (χ2n) is 6.32. The molecule has 0 unspecified atom stereocenters. The summed E-state index contributed by atoms with van der Waals surface area (Å²) in [6, 6.07) is 4.73. The SMILES string of the molecule is CCN(CC)S(=O)(=O)N1CCN(c2cccc(COC(=O)N=C(N)N)c2F)CC1. The van der Waals surface area contributed by atoms with Crippen LogP contribution >= 0.6 is 0 Å². The van der Waals surface area contributed by atoms with Gasteiger partial charge in [-0.25, -0.2) is 9.18 Å². The summed E-state index contributed by atoms with van der Waals surface area (Å²) in [6.07, 6.45) is -1.01. The third kappa shape index (κ3) is 5.55. The van der Waals surface area contributed by atoms with Crippen LogP contribution in [0, 0.1) is 5.82 Å². The minimum Gasteiger partial charge on any atom is -0.443 e. The number of rotatable bonds is 7. The van der Waals surface area contributed by atoms with Crippen molar-refractivity contribution in [2.24, 2.45) is 16.5 Å². The van der Waals surface area contributed by atoms with Crippen LogP contribution < -0.4 is 16.4 Å². The molecule has 162 valence electrons. The van der Waals surface area contributed by atoms with E-state index in [1.807, 2.05) is 0 Å². The normalized spacial score (nSPS) is 15.4. The number of aliphatic imine (C=N–C) groups is 1. The number of benzene rings is 1. The van der Waals surface area contributed by atoms with Crippen molar-refractivity contribution < 1.29 is 22.3 Å². The van der Waals surface area contributed by atoms with Gasteiger partial charge in [0.2, 0.25) is 0 Å². The second-order valence-corrected chi connectivity index (χ2v) is 8.25. The third-order valence-electron chi connectivity index (χ3n) is 4.57. The molecule has 0 spiro atoms. The van der Waals surface area contributed by atoms with Crippen LogP contribution in [0.1, 0.15) is 19.4 Å². The van der Waals surface area contributed by atoms with Crippen LogP contribution in [0.5, 0.6) is 0 Å². The Morgan fingerprint density at radius 3 is 2.38 bits per heavy atom. The number of hydrogen-bond donors (Lipinski definition) is 2. The summed E-state index contributed by atoms with van der Waals surface area (Å²) in [6.45, 7) is 5.23. The Balaban J connectivity index is 2.06. The number of ether oxygens (including phenoxy) is 1. The smallest absolute Gasteiger partial charge is 0.437 e. The second kappa shape index (κ2) is 9.85. The lowest BCUT2D eigenvalue weighted by atomic mass is 10.1. The van der Waals surface area contributed by atoms with Gasteiger partial charge >= 0.3 is 6.09 Å². The van der Waals surface area contributed by atoms with Gasteiger partial charge in [0.05, 0.1) is 5.69 Å². The van der Waals surface area contributed by atoms with Crippen molar-refractivity contribution in [3.8, 4) is 0 Å². The Hall–Kier alpha value is -2.44. The van der Waals surface area contributed by atoms with Gasteiger partial charge in [-0.15, -0.1) is 4.99 Å². The number of carbonyl (C=O) groups excluding carboxylic acids is 1. The van der Waals surface area contributed by atoms with E-state index in [2.05, 4.69) is 4.99 Å². The molecule has 0 saturated carbocycles. The lowest BCUT2D eigenvalue weighted by Crippen LogP contribution is -2.53. The van der Waals surface area contributed by atoms with Crippen LogP contribution in [-0.4, -0.2) is 68.3 Å². The minimum absolute atomic E-state index is 0.167. The summed E-state index contributed by atoms with van der Waals surface area (Å²) in [5, 5.41) is 0. The Morgan fingerprint density at radius 1 is 1.21 bits per heavy atom. The lowest BCUT2D eigenvalue weighted by molar-refractivity contribution is 0.149. The van der Waals surface area contributed by atoms with E-state index in [1.165, 1.54) is 14.7 Å². The number of piperazine rings is 1. The molecule has 4 N–H and O–H groups in total. The maximum absolute atomic E-state index is 14.9. The largest absolute Gasteiger partial charge is 0.443 e. The predicted octanol–water partition coefficient (Wildman–Crippen LogP) is 0.444. The van der Waals surface area contributed by atoms with E-state index < -0.39 is 28.1 Å². The summed E-state index contributed by atoms with van der Waals surface area (Å²) >= 11 is 0. The van der Waals surface area contributed by atoms with Gasteiger partial charge in [0, 0.05) is 44.8 Å². The molecular weight excluding hydrogens is 403 g/mol. The van der Waals surface area contributed by atoms with Crippen LogP contribution in [0.25, 0.3) is 0 Å². The summed E-state index contributed by atoms with van der Waals surface area (Å²) in [5.41, 5.74) is 10.7. The number of halogens is 1. The fourth-order valence-electron chi connectivity index (χ4n) is 3.07. The van der Waals surface area contributed by atoms with Gasteiger partial charge in [0.25, 0.3) is 10.2 Å². The van der Waals surface area contributed by atoms with E-state index in [4.69, 9.17) is 16.2 Å². The highest BCUT2D eigenvalue weighted by atomic mass is 32.2. The zero-order valence-corrected chi connectivity index (χ0v) is 17.4. The van der Waals surface area contributed by atoms with E-state index in [9.17, 15) is 17.6 Å². The lowest BCUT2D eigenvalue weighted by Gasteiger charge is -2.37. The van der Waals surface area contributed by atoms with Gasteiger partial charge in [0.15, 0.2) is 11.8 Å². The summed E-state index contributed by atoms with van der Waals surface area (Å²) in [5.74, 6) is -0.980. The average Bonchev–Trinajstić information content (AvgIpc) is 2.67. The number of nitrogens with zero attached hydrogens (tertiary/aromatic N) is 4. The number of hydrogen-bond acceptors (Lipinski definition) is 5. The molecule has 0 aromatic heterocycles. The fraction of sp³-hybridized carbons (Fsp3) is 0.529. The Labute approximate surface area is 170 Å². The average molecular weight is 431 g/mol. The molecule has 1 heterocycles. The van der Waals surface area contributed by atoms with Crippen LogP contribution in [0.15, 0.2) is 23.2 Å². The van der Waals surface area contributed by atoms with Gasteiger partial charge in [0.1, 0.15) is 6.61 Å². The summed E-state index contributed by atoms with van der Waals surface area (Å²) < 4.78 is 47.8. The van der Waals surface area contributed by atoms with Gasteiger partial charge in [-0.1, -0.05) is 26.0 Å². The zero-order chi connectivity index (χ0) is 21.6. The molecule has 2 rings (SSSR count). The highest BCUT2D eigenvalue weighted by Crippen LogP contribution is 2.25. The number of guanidine groups is 1. The van der Waals surface area contributed by atoms with Crippen molar-refractivity contribution >= 4 is 27.9 Å². The zero-order valence-electron chi connectivity index (χ0n) is 16.5. The molecule has 1 aliphatic heterocycles. The van der Waals surface area contributed by atoms with Crippen LogP contribution in [0.4, 0.5) is 14.9 Å². The molecule has 1 aromatic rings. The molecular formula is C17H27FN6O4S. The Kier molecular flexibility index (Phi) is 7.76. The standard InChI is InChI=1S/C17H27FN6O4S/c1-3-23(4-2)29(26,27)24-10-8-22(9-11-24)14-7-5-6-13(15(14)18)12-28-17(25)21-16(19)20/h5-7H,3-4,8-12H2,1-2H3,(H4,19,20,21,25). The van der Waals surface area contributed by atoms with E-state index in [0.29, 0.717) is 31.9 Å². The molecule has 1 aliphatic rings. The molecule has 1 aromatic carbocycles. The van der Waals surface area contributed by atoms with Crippen LogP contribution in [0.3, 0.4) is 0 Å². The predicted molar refractivity (Wildman–Crippen MR) is 108 cm³/mol. The summed E-state index contributed by atoms with van der Waals surface area (Å²) in [7, 11) is -3.52. The number of anilines is 1. The van der Waals surface area contributed by atoms with Crippen molar-refractivity contribution in [2.45, 2.75) is 20.5 Å². The van der Waals surface area contributed by atoms with Crippen molar-refractivity contribution in [1.29, 1.82) is 0 Å². The fourth-order valence-corrected chi connectivity index (χ4v) is 4.68. The van der Waals surface area contributed by atoms with Crippen molar-refractivity contribution in [3.05, 3.63) is 29.6 Å². The molecule has 10 nitrogen and oxygen atoms in total. The molecule has 0 aliphatic carbocycles. The minimum atomic E-state index is -3.52. The first-order chi connectivity index (χ1) is 13.7. The number of amides is 1. The van der Waals surface area contributed by atoms with Gasteiger partial charge < -0.3 is 21.1 Å². The third-order valence-corrected chi connectivity index (χ3v) is 6.75. The highest BCUT2D eigenvalue weighted by molar-refractivity contribution is 7.86. The molecule has 1 fully saturated rings. The summed E-state index contributed by atoms with van der Waals surface area (Å²) in [4.78, 5) is 16.4. The van der Waals surface area contributed by atoms with E-state index in [1.54, 1.807) is 30.9 Å². The maximum atomic E-state index is 14.9. The van der Waals surface area contributed by atoms with Crippen LogP contribution in [0.2, 0.25) is 0 Å². The van der Waals surface area contributed by atoms with Gasteiger partial charge in [-0.3, -0.25) is 0 Å². The Bertz CT molecular complexity index is 847. The highest BCUT2D eigenvalue weighted by Gasteiger charge is 2.31. The van der Waals surface area contributed by atoms with E-state index in [0.717, 1.165) is 0 Å². The first-order valence-corrected chi connectivity index (χ1v) is 10.6. The molecule has 0 atom stereocenters. The monoisotopic (exact) mass is 430 g/mol. The first-order valence-electron chi connectivity index (χ1n) is 9.24. The molecule has 0 radical (unpaired) electrons.